The summed E-state index contributed by atoms with van der Waals surface area (Å²) in [7, 11) is 0. The molecule has 0 aliphatic carbocycles. The van der Waals surface area contributed by atoms with Gasteiger partial charge in [0.2, 0.25) is 0 Å². The van der Waals surface area contributed by atoms with Gasteiger partial charge in [-0.3, -0.25) is 4.79 Å². The SMILES string of the molecule is [2H]C([2H])([2H])N(C(=O)Nc1ccc(F)c(Cl)c1)[C@@]1([2H])COCc2[nH]c(=O)c3cc(F)c(F)cc3c21. The zero-order valence-electron chi connectivity index (χ0n) is 19.0. The molecule has 10 heteroatoms. The number of hydrogen-bond acceptors (Lipinski definition) is 3. The predicted molar refractivity (Wildman–Crippen MR) is 105 cm³/mol. The number of nitrogens with zero attached hydrogens (tertiary/aromatic N) is 1. The summed E-state index contributed by atoms with van der Waals surface area (Å²) in [6.45, 7) is -4.19. The first-order chi connectivity index (χ1) is 15.8. The molecule has 0 radical (unpaired) electrons. The number of ether oxygens (including phenoxy) is 1. The first-order valence-electron chi connectivity index (χ1n) is 10.5. The Morgan fingerprint density at radius 1 is 1.27 bits per heavy atom. The summed E-state index contributed by atoms with van der Waals surface area (Å²) in [5.41, 5.74) is -1.19. The fourth-order valence-electron chi connectivity index (χ4n) is 3.18. The van der Waals surface area contributed by atoms with Gasteiger partial charge in [0.05, 0.1) is 31.0 Å². The van der Waals surface area contributed by atoms with Gasteiger partial charge in [0.25, 0.3) is 5.56 Å². The summed E-state index contributed by atoms with van der Waals surface area (Å²) < 4.78 is 79.5. The van der Waals surface area contributed by atoms with Gasteiger partial charge < -0.3 is 19.9 Å². The molecule has 0 bridgehead atoms. The number of aromatic nitrogens is 1. The van der Waals surface area contributed by atoms with E-state index in [0.717, 1.165) is 18.2 Å². The largest absolute Gasteiger partial charge is 0.373 e. The second-order valence-corrected chi connectivity index (χ2v) is 6.86. The molecule has 30 heavy (non-hydrogen) atoms. The highest BCUT2D eigenvalue weighted by molar-refractivity contribution is 6.31. The van der Waals surface area contributed by atoms with E-state index in [-0.39, 0.29) is 44.2 Å². The molecule has 0 fully saturated rings. The van der Waals surface area contributed by atoms with Crippen LogP contribution in [0.2, 0.25) is 5.02 Å². The van der Waals surface area contributed by atoms with E-state index in [1.807, 2.05) is 0 Å². The van der Waals surface area contributed by atoms with E-state index in [1.54, 1.807) is 0 Å². The van der Waals surface area contributed by atoms with Crippen LogP contribution >= 0.6 is 11.6 Å². The quantitative estimate of drug-likeness (QED) is 0.621. The van der Waals surface area contributed by atoms with Crippen molar-refractivity contribution in [3.63, 3.8) is 0 Å². The van der Waals surface area contributed by atoms with Crippen LogP contribution in [0.4, 0.5) is 23.7 Å². The topological polar surface area (TPSA) is 74.4 Å². The Bertz CT molecular complexity index is 1390. The van der Waals surface area contributed by atoms with E-state index in [1.165, 1.54) is 0 Å². The molecule has 2 heterocycles. The number of fused-ring (bicyclic) bond motifs is 3. The second-order valence-electron chi connectivity index (χ2n) is 6.45. The number of anilines is 1. The smallest absolute Gasteiger partial charge is 0.322 e. The highest BCUT2D eigenvalue weighted by atomic mass is 35.5. The Kier molecular flexibility index (Phi) is 4.02. The highest BCUT2D eigenvalue weighted by Crippen LogP contribution is 2.34. The third-order valence-electron chi connectivity index (χ3n) is 4.56. The second kappa shape index (κ2) is 7.66. The van der Waals surface area contributed by atoms with E-state index in [4.69, 9.17) is 21.8 Å². The van der Waals surface area contributed by atoms with Gasteiger partial charge in [0, 0.05) is 28.0 Å². The highest BCUT2D eigenvalue weighted by Gasteiger charge is 2.31. The number of rotatable bonds is 2. The predicted octanol–water partition coefficient (Wildman–Crippen LogP) is 4.33. The van der Waals surface area contributed by atoms with Crippen LogP contribution < -0.4 is 10.9 Å². The van der Waals surface area contributed by atoms with Crippen LogP contribution in [0.1, 0.15) is 22.8 Å². The minimum absolute atomic E-state index is 0.0642. The van der Waals surface area contributed by atoms with Crippen molar-refractivity contribution < 1.29 is 28.2 Å². The number of likely N-dealkylation sites (N-methyl/N-ethyl adjacent to an activating group) is 1. The van der Waals surface area contributed by atoms with E-state index in [0.29, 0.717) is 12.1 Å². The van der Waals surface area contributed by atoms with Crippen molar-refractivity contribution in [1.82, 2.24) is 9.88 Å². The molecule has 3 aromatic rings. The molecule has 0 spiro atoms. The summed E-state index contributed by atoms with van der Waals surface area (Å²) in [5, 5.41) is 1.31. The van der Waals surface area contributed by atoms with Crippen molar-refractivity contribution in [1.29, 1.82) is 0 Å². The summed E-state index contributed by atoms with van der Waals surface area (Å²) in [6.07, 6.45) is 0. The molecule has 1 aliphatic heterocycles. The number of benzene rings is 2. The summed E-state index contributed by atoms with van der Waals surface area (Å²) in [5.74, 6) is -3.43. The molecule has 2 amide bonds. The van der Waals surface area contributed by atoms with Gasteiger partial charge >= 0.3 is 6.03 Å². The number of aromatic amines is 1. The Morgan fingerprint density at radius 2 is 2.00 bits per heavy atom. The summed E-state index contributed by atoms with van der Waals surface area (Å²) >= 11 is 5.71. The van der Waals surface area contributed by atoms with Crippen LogP contribution in [-0.4, -0.2) is 29.5 Å². The normalized spacial score (nSPS) is 20.5. The van der Waals surface area contributed by atoms with Gasteiger partial charge in [-0.25, -0.2) is 18.0 Å². The Balaban J connectivity index is 1.91. The molecule has 2 N–H and O–H groups in total. The number of halogens is 4. The van der Waals surface area contributed by atoms with E-state index in [2.05, 4.69) is 10.3 Å². The molecule has 0 saturated carbocycles. The summed E-state index contributed by atoms with van der Waals surface area (Å²) in [6, 6.07) is 0.588. The average Bonchev–Trinajstić information content (AvgIpc) is 2.71. The number of pyridine rings is 1. The third-order valence-corrected chi connectivity index (χ3v) is 4.85. The number of nitrogens with one attached hydrogen (secondary N) is 2. The van der Waals surface area contributed by atoms with Crippen LogP contribution in [0.25, 0.3) is 10.8 Å². The molecule has 1 aliphatic rings. The third kappa shape index (κ3) is 3.50. The van der Waals surface area contributed by atoms with E-state index < -0.39 is 48.6 Å². The van der Waals surface area contributed by atoms with Crippen LogP contribution in [-0.2, 0) is 11.3 Å². The van der Waals surface area contributed by atoms with Gasteiger partial charge in [0.15, 0.2) is 11.6 Å². The maximum absolute atomic E-state index is 14.1. The lowest BCUT2D eigenvalue weighted by Crippen LogP contribution is -2.39. The fourth-order valence-corrected chi connectivity index (χ4v) is 3.36. The number of urea groups is 1. The lowest BCUT2D eigenvalue weighted by Gasteiger charge is -2.33. The van der Waals surface area contributed by atoms with Gasteiger partial charge in [-0.15, -0.1) is 0 Å². The van der Waals surface area contributed by atoms with Crippen molar-refractivity contribution in [2.24, 2.45) is 0 Å². The van der Waals surface area contributed by atoms with Gasteiger partial charge in [-0.2, -0.15) is 0 Å². The lowest BCUT2D eigenvalue weighted by atomic mass is 9.95. The monoisotopic (exact) mass is 441 g/mol. The number of amides is 2. The Labute approximate surface area is 178 Å². The zero-order valence-corrected chi connectivity index (χ0v) is 15.7. The molecule has 1 atom stereocenters. The minimum atomic E-state index is -3.24. The van der Waals surface area contributed by atoms with Gasteiger partial charge in [-0.1, -0.05) is 11.6 Å². The molecule has 1 aromatic heterocycles. The molecular formula is C20H15ClF3N3O3. The molecule has 156 valence electrons. The van der Waals surface area contributed by atoms with Crippen LogP contribution in [0, 0.1) is 17.5 Å². The van der Waals surface area contributed by atoms with Crippen molar-refractivity contribution in [3.8, 4) is 0 Å². The van der Waals surface area contributed by atoms with Crippen LogP contribution in [0.15, 0.2) is 35.1 Å². The molecule has 0 saturated heterocycles. The minimum Gasteiger partial charge on any atom is -0.373 e. The lowest BCUT2D eigenvalue weighted by molar-refractivity contribution is 0.0527. The summed E-state index contributed by atoms with van der Waals surface area (Å²) in [4.78, 5) is 28.1. The van der Waals surface area contributed by atoms with Crippen molar-refractivity contribution >= 4 is 34.1 Å². The Hall–Kier alpha value is -3.04. The number of carbonyl (C=O) groups excluding carboxylic acids is 1. The molecular weight excluding hydrogens is 423 g/mol. The maximum atomic E-state index is 14.1. The average molecular weight is 442 g/mol. The van der Waals surface area contributed by atoms with Crippen molar-refractivity contribution in [2.45, 2.75) is 12.6 Å². The standard InChI is InChI=1S/C20H15ClF3N3O3/c1-27(20(29)25-9-2-3-13(22)12(21)4-9)17-8-30-7-16-18(17)10-5-14(23)15(24)6-11(10)19(28)26-16/h2-6,17H,7-8H2,1H3,(H,25,29)(H,26,28)/t17-/m0/s1/i1D3,17D. The van der Waals surface area contributed by atoms with Gasteiger partial charge in [0.1, 0.15) is 5.82 Å². The van der Waals surface area contributed by atoms with E-state index in [9.17, 15) is 22.8 Å². The number of carbonyl (C=O) groups is 1. The molecule has 2 aromatic carbocycles. The first kappa shape index (κ1) is 15.8. The number of H-pyrrole nitrogens is 1. The Morgan fingerprint density at radius 3 is 2.70 bits per heavy atom. The fraction of sp³-hybridized carbons (Fsp3) is 0.200. The number of hydrogen-bond donors (Lipinski definition) is 2. The van der Waals surface area contributed by atoms with Crippen LogP contribution in [0.5, 0.6) is 0 Å². The van der Waals surface area contributed by atoms with Crippen molar-refractivity contribution in [3.05, 3.63) is 74.4 Å². The maximum Gasteiger partial charge on any atom is 0.322 e. The molecule has 0 unspecified atom stereocenters. The van der Waals surface area contributed by atoms with E-state index >= 15 is 0 Å². The zero-order chi connectivity index (χ0) is 25.0. The molecule has 6 nitrogen and oxygen atoms in total. The van der Waals surface area contributed by atoms with Crippen LogP contribution in [0.3, 0.4) is 0 Å². The van der Waals surface area contributed by atoms with Gasteiger partial charge in [-0.05, 0) is 35.7 Å². The van der Waals surface area contributed by atoms with Crippen molar-refractivity contribution in [2.75, 3.05) is 18.9 Å². The molecule has 4 rings (SSSR count). The first-order valence-corrected chi connectivity index (χ1v) is 8.89.